The number of carboxylic acids is 1. The fraction of sp³-hybridized carbons (Fsp3) is 0.231. The third-order valence-corrected chi connectivity index (χ3v) is 2.85. The number of hydrogen-bond acceptors (Lipinski definition) is 3. The summed E-state index contributed by atoms with van der Waals surface area (Å²) in [5.41, 5.74) is 0.376. The van der Waals surface area contributed by atoms with Gasteiger partial charge >= 0.3 is 5.97 Å². The molecule has 0 fully saturated rings. The summed E-state index contributed by atoms with van der Waals surface area (Å²) in [4.78, 5) is 22.0. The lowest BCUT2D eigenvalue weighted by Gasteiger charge is -2.16. The number of carbonyl (C=O) groups is 2. The minimum absolute atomic E-state index is 0.193. The van der Waals surface area contributed by atoms with Gasteiger partial charge in [0.2, 0.25) is 0 Å². The number of halogens is 2. The lowest BCUT2D eigenvalue weighted by molar-refractivity contribution is -0.131. The number of carbonyl (C=O) groups excluding carboxylic acids is 1. The van der Waals surface area contributed by atoms with Crippen molar-refractivity contribution in [3.63, 3.8) is 0 Å². The zero-order valence-corrected chi connectivity index (χ0v) is 12.3. The SMILES string of the molecule is CNC(=O)C(C)Oc1c(Cl)cc(Cl)cc1/C=C/C(=O)O. The average Bonchev–Trinajstić information content (AvgIpc) is 2.38. The fourth-order valence-electron chi connectivity index (χ4n) is 1.42. The molecule has 0 aliphatic rings. The van der Waals surface area contributed by atoms with Crippen LogP contribution in [0.4, 0.5) is 0 Å². The van der Waals surface area contributed by atoms with Crippen molar-refractivity contribution in [2.75, 3.05) is 7.05 Å². The van der Waals surface area contributed by atoms with Crippen LogP contribution < -0.4 is 10.1 Å². The second-order valence-electron chi connectivity index (χ2n) is 3.85. The van der Waals surface area contributed by atoms with Gasteiger partial charge in [0.1, 0.15) is 5.75 Å². The van der Waals surface area contributed by atoms with Gasteiger partial charge < -0.3 is 15.2 Å². The molecule has 0 radical (unpaired) electrons. The molecule has 0 aromatic heterocycles. The van der Waals surface area contributed by atoms with Crippen LogP contribution in [0.5, 0.6) is 5.75 Å². The zero-order valence-electron chi connectivity index (χ0n) is 10.8. The van der Waals surface area contributed by atoms with Gasteiger partial charge in [-0.1, -0.05) is 23.2 Å². The summed E-state index contributed by atoms with van der Waals surface area (Å²) in [5.74, 6) is -1.25. The van der Waals surface area contributed by atoms with Gasteiger partial charge in [0.25, 0.3) is 5.91 Å². The summed E-state index contributed by atoms with van der Waals surface area (Å²) in [6, 6.07) is 2.95. The average molecular weight is 318 g/mol. The molecule has 1 aromatic rings. The second kappa shape index (κ2) is 7.17. The number of likely N-dealkylation sites (N-methyl/N-ethyl adjacent to an activating group) is 1. The molecule has 1 aromatic carbocycles. The van der Waals surface area contributed by atoms with Crippen molar-refractivity contribution >= 4 is 41.2 Å². The molecule has 7 heteroatoms. The molecule has 0 aliphatic heterocycles. The molecule has 0 bridgehead atoms. The Hall–Kier alpha value is -1.72. The number of rotatable bonds is 5. The Bertz CT molecular complexity index is 558. The summed E-state index contributed by atoms with van der Waals surface area (Å²) < 4.78 is 5.47. The summed E-state index contributed by atoms with van der Waals surface area (Å²) >= 11 is 11.9. The highest BCUT2D eigenvalue weighted by molar-refractivity contribution is 6.36. The van der Waals surface area contributed by atoms with E-state index in [2.05, 4.69) is 5.32 Å². The van der Waals surface area contributed by atoms with Gasteiger partial charge in [-0.3, -0.25) is 4.79 Å². The first-order valence-electron chi connectivity index (χ1n) is 5.63. The van der Waals surface area contributed by atoms with E-state index in [0.717, 1.165) is 6.08 Å². The molecule has 1 rings (SSSR count). The maximum atomic E-state index is 11.5. The van der Waals surface area contributed by atoms with Crippen LogP contribution in [0.1, 0.15) is 12.5 Å². The summed E-state index contributed by atoms with van der Waals surface area (Å²) in [5, 5.41) is 11.6. The highest BCUT2D eigenvalue weighted by Gasteiger charge is 2.17. The van der Waals surface area contributed by atoms with E-state index in [4.69, 9.17) is 33.0 Å². The van der Waals surface area contributed by atoms with Crippen LogP contribution in [-0.4, -0.2) is 30.1 Å². The molecule has 0 heterocycles. The summed E-state index contributed by atoms with van der Waals surface area (Å²) in [6.45, 7) is 1.55. The Labute approximate surface area is 126 Å². The predicted octanol–water partition coefficient (Wildman–Crippen LogP) is 2.60. The number of amides is 1. The molecule has 20 heavy (non-hydrogen) atoms. The minimum Gasteiger partial charge on any atom is -0.479 e. The van der Waals surface area contributed by atoms with Gasteiger partial charge in [-0.25, -0.2) is 4.79 Å². The number of ether oxygens (including phenoxy) is 1. The molecule has 0 aliphatic carbocycles. The van der Waals surface area contributed by atoms with Crippen molar-refractivity contribution in [1.82, 2.24) is 5.32 Å². The molecule has 0 saturated heterocycles. The van der Waals surface area contributed by atoms with Crippen molar-refractivity contribution in [2.24, 2.45) is 0 Å². The van der Waals surface area contributed by atoms with Crippen LogP contribution in [0.25, 0.3) is 6.08 Å². The van der Waals surface area contributed by atoms with Gasteiger partial charge in [-0.15, -0.1) is 0 Å². The first kappa shape index (κ1) is 16.3. The topological polar surface area (TPSA) is 75.6 Å². The number of benzene rings is 1. The second-order valence-corrected chi connectivity index (χ2v) is 4.70. The predicted molar refractivity (Wildman–Crippen MR) is 77.3 cm³/mol. The standard InChI is InChI=1S/C13H13Cl2NO4/c1-7(13(19)16-2)20-12-8(3-4-11(17)18)5-9(14)6-10(12)15/h3-7H,1-2H3,(H,16,19)(H,17,18)/b4-3+. The van der Waals surface area contributed by atoms with E-state index < -0.39 is 12.1 Å². The van der Waals surface area contributed by atoms with Crippen LogP contribution in [0.2, 0.25) is 10.0 Å². The molecule has 108 valence electrons. The van der Waals surface area contributed by atoms with E-state index in [1.165, 1.54) is 25.3 Å². The van der Waals surface area contributed by atoms with Crippen molar-refractivity contribution in [3.8, 4) is 5.75 Å². The third-order valence-electron chi connectivity index (χ3n) is 2.35. The lowest BCUT2D eigenvalue weighted by Crippen LogP contribution is -2.33. The number of carboxylic acid groups (broad SMARTS) is 1. The molecule has 5 nitrogen and oxygen atoms in total. The van der Waals surface area contributed by atoms with E-state index in [1.54, 1.807) is 6.92 Å². The largest absolute Gasteiger partial charge is 0.479 e. The highest BCUT2D eigenvalue weighted by atomic mass is 35.5. The van der Waals surface area contributed by atoms with Crippen molar-refractivity contribution in [1.29, 1.82) is 0 Å². The van der Waals surface area contributed by atoms with Gasteiger partial charge in [-0.2, -0.15) is 0 Å². The summed E-state index contributed by atoms with van der Waals surface area (Å²) in [6.07, 6.45) is 1.45. The fourth-order valence-corrected chi connectivity index (χ4v) is 1.98. The Kier molecular flexibility index (Phi) is 5.85. The van der Waals surface area contributed by atoms with Crippen LogP contribution >= 0.6 is 23.2 Å². The van der Waals surface area contributed by atoms with Crippen molar-refractivity contribution < 1.29 is 19.4 Å². The van der Waals surface area contributed by atoms with E-state index in [1.807, 2.05) is 0 Å². The maximum absolute atomic E-state index is 11.5. The normalized spacial score (nSPS) is 12.2. The van der Waals surface area contributed by atoms with Gasteiger partial charge in [0.15, 0.2) is 6.10 Å². The van der Waals surface area contributed by atoms with Crippen molar-refractivity contribution in [3.05, 3.63) is 33.8 Å². The molecular formula is C13H13Cl2NO4. The Morgan fingerprint density at radius 3 is 2.60 bits per heavy atom. The van der Waals surface area contributed by atoms with Crippen LogP contribution in [0, 0.1) is 0 Å². The molecule has 0 spiro atoms. The third kappa shape index (κ3) is 4.43. The Morgan fingerprint density at radius 2 is 2.05 bits per heavy atom. The molecule has 2 N–H and O–H groups in total. The highest BCUT2D eigenvalue weighted by Crippen LogP contribution is 2.34. The maximum Gasteiger partial charge on any atom is 0.328 e. The quantitative estimate of drug-likeness (QED) is 0.818. The molecule has 0 saturated carbocycles. The van der Waals surface area contributed by atoms with Crippen LogP contribution in [0.3, 0.4) is 0 Å². The Balaban J connectivity index is 3.16. The number of nitrogens with one attached hydrogen (secondary N) is 1. The Morgan fingerprint density at radius 1 is 1.40 bits per heavy atom. The molecular weight excluding hydrogens is 305 g/mol. The first-order valence-corrected chi connectivity index (χ1v) is 6.39. The van der Waals surface area contributed by atoms with Gasteiger partial charge in [0.05, 0.1) is 5.02 Å². The first-order chi connectivity index (χ1) is 9.35. The monoisotopic (exact) mass is 317 g/mol. The minimum atomic E-state index is -1.12. The zero-order chi connectivity index (χ0) is 15.3. The van der Waals surface area contributed by atoms with Crippen LogP contribution in [-0.2, 0) is 9.59 Å². The van der Waals surface area contributed by atoms with E-state index in [9.17, 15) is 9.59 Å². The van der Waals surface area contributed by atoms with Gasteiger partial charge in [0, 0.05) is 23.7 Å². The number of aliphatic carboxylic acids is 1. The van der Waals surface area contributed by atoms with E-state index >= 15 is 0 Å². The number of hydrogen-bond donors (Lipinski definition) is 2. The summed E-state index contributed by atoms with van der Waals surface area (Å²) in [7, 11) is 1.48. The molecule has 1 atom stereocenters. The van der Waals surface area contributed by atoms with E-state index in [-0.39, 0.29) is 16.7 Å². The van der Waals surface area contributed by atoms with E-state index in [0.29, 0.717) is 10.6 Å². The van der Waals surface area contributed by atoms with Gasteiger partial charge in [-0.05, 0) is 25.1 Å². The van der Waals surface area contributed by atoms with Crippen molar-refractivity contribution in [2.45, 2.75) is 13.0 Å². The smallest absolute Gasteiger partial charge is 0.328 e. The lowest BCUT2D eigenvalue weighted by atomic mass is 10.2. The molecule has 1 amide bonds. The van der Waals surface area contributed by atoms with Crippen LogP contribution in [0.15, 0.2) is 18.2 Å². The molecule has 1 unspecified atom stereocenters.